The minimum absolute atomic E-state index is 0.0991. The summed E-state index contributed by atoms with van der Waals surface area (Å²) in [6.45, 7) is 0. The van der Waals surface area contributed by atoms with Gasteiger partial charge in [0, 0.05) is 18.1 Å². The molecule has 1 saturated heterocycles. The first-order chi connectivity index (χ1) is 12.5. The van der Waals surface area contributed by atoms with Gasteiger partial charge in [-0.25, -0.2) is 0 Å². The van der Waals surface area contributed by atoms with Crippen molar-refractivity contribution in [1.29, 1.82) is 0 Å². The van der Waals surface area contributed by atoms with Gasteiger partial charge in [-0.05, 0) is 61.8 Å². The second kappa shape index (κ2) is 6.23. The highest BCUT2D eigenvalue weighted by atomic mass is 16.4. The SMILES string of the molecule is O=C([O-])CCC(=O)Nc1ccc(N2C(=O)[C@@H]3[C@H]4CC[C@H](C4)[C@@H]3C2=O)cc1. The van der Waals surface area contributed by atoms with Gasteiger partial charge in [-0.3, -0.25) is 19.3 Å². The summed E-state index contributed by atoms with van der Waals surface area (Å²) in [7, 11) is 0. The first-order valence-corrected chi connectivity index (χ1v) is 8.93. The van der Waals surface area contributed by atoms with E-state index in [2.05, 4.69) is 5.32 Å². The minimum Gasteiger partial charge on any atom is -0.550 e. The van der Waals surface area contributed by atoms with E-state index in [0.717, 1.165) is 19.3 Å². The molecular formula is C19H19N2O5-. The Balaban J connectivity index is 1.46. The number of nitrogens with one attached hydrogen (secondary N) is 1. The van der Waals surface area contributed by atoms with Gasteiger partial charge in [0.2, 0.25) is 17.7 Å². The largest absolute Gasteiger partial charge is 0.550 e. The van der Waals surface area contributed by atoms with Crippen molar-refractivity contribution in [3.8, 4) is 0 Å². The van der Waals surface area contributed by atoms with Crippen molar-refractivity contribution in [3.63, 3.8) is 0 Å². The van der Waals surface area contributed by atoms with E-state index in [1.165, 1.54) is 4.90 Å². The average molecular weight is 355 g/mol. The number of rotatable bonds is 5. The Morgan fingerprint density at radius 2 is 1.58 bits per heavy atom. The number of carbonyl (C=O) groups is 4. The standard InChI is InChI=1S/C19H20N2O5/c22-14(7-8-15(23)24)20-12-3-5-13(6-4-12)21-18(25)16-10-1-2-11(9-10)17(16)19(21)26/h3-6,10-11,16-17H,1-2,7-9H2,(H,20,22)(H,23,24)/p-1/t10-,11+,16+,17-. The Kier molecular flexibility index (Phi) is 4.01. The van der Waals surface area contributed by atoms with E-state index in [-0.39, 0.29) is 36.5 Å². The average Bonchev–Trinajstić information content (AvgIpc) is 3.28. The van der Waals surface area contributed by atoms with E-state index in [9.17, 15) is 24.3 Å². The quantitative estimate of drug-likeness (QED) is 0.782. The van der Waals surface area contributed by atoms with Crippen LogP contribution in [-0.2, 0) is 19.2 Å². The van der Waals surface area contributed by atoms with Crippen LogP contribution in [0.5, 0.6) is 0 Å². The normalized spacial score (nSPS) is 29.2. The van der Waals surface area contributed by atoms with Crippen molar-refractivity contribution in [3.05, 3.63) is 24.3 Å². The number of hydrogen-bond donors (Lipinski definition) is 1. The third-order valence-corrected chi connectivity index (χ3v) is 5.89. The summed E-state index contributed by atoms with van der Waals surface area (Å²) < 4.78 is 0. The lowest BCUT2D eigenvalue weighted by Crippen LogP contribution is -2.32. The molecule has 1 heterocycles. The Morgan fingerprint density at radius 3 is 2.12 bits per heavy atom. The molecule has 0 unspecified atom stereocenters. The fourth-order valence-corrected chi connectivity index (χ4v) is 4.80. The monoisotopic (exact) mass is 355 g/mol. The zero-order valence-electron chi connectivity index (χ0n) is 14.1. The predicted octanol–water partition coefficient (Wildman–Crippen LogP) is 0.691. The number of benzene rings is 1. The number of carboxylic acid groups (broad SMARTS) is 1. The van der Waals surface area contributed by atoms with Crippen LogP contribution in [0.25, 0.3) is 0 Å². The van der Waals surface area contributed by atoms with Crippen molar-refractivity contribution in [2.45, 2.75) is 32.1 Å². The lowest BCUT2D eigenvalue weighted by molar-refractivity contribution is -0.305. The molecule has 7 heteroatoms. The molecule has 0 spiro atoms. The molecule has 136 valence electrons. The molecule has 3 fully saturated rings. The van der Waals surface area contributed by atoms with Crippen molar-refractivity contribution < 1.29 is 24.3 Å². The van der Waals surface area contributed by atoms with E-state index in [1.807, 2.05) is 0 Å². The Labute approximate surface area is 150 Å². The third-order valence-electron chi connectivity index (χ3n) is 5.89. The number of imide groups is 1. The topological polar surface area (TPSA) is 107 Å². The number of aliphatic carboxylic acids is 1. The molecule has 1 aromatic carbocycles. The second-order valence-electron chi connectivity index (χ2n) is 7.36. The highest BCUT2D eigenvalue weighted by Gasteiger charge is 2.61. The number of carboxylic acids is 1. The molecule has 3 amide bonds. The van der Waals surface area contributed by atoms with Crippen LogP contribution in [0.1, 0.15) is 32.1 Å². The van der Waals surface area contributed by atoms with Crippen LogP contribution in [0.2, 0.25) is 0 Å². The number of fused-ring (bicyclic) bond motifs is 5. The molecule has 4 atom stereocenters. The molecule has 1 aliphatic heterocycles. The molecule has 0 aromatic heterocycles. The van der Waals surface area contributed by atoms with Crippen molar-refractivity contribution in [2.75, 3.05) is 10.2 Å². The maximum Gasteiger partial charge on any atom is 0.237 e. The summed E-state index contributed by atoms with van der Waals surface area (Å²) in [4.78, 5) is 48.9. The summed E-state index contributed by atoms with van der Waals surface area (Å²) in [5.74, 6) is -1.55. The molecule has 3 aliphatic rings. The lowest BCUT2D eigenvalue weighted by Gasteiger charge is -2.19. The summed E-state index contributed by atoms with van der Waals surface area (Å²) in [6.07, 6.45) is 2.56. The van der Waals surface area contributed by atoms with E-state index in [0.29, 0.717) is 23.2 Å². The van der Waals surface area contributed by atoms with Gasteiger partial charge in [0.05, 0.1) is 17.5 Å². The Hall–Kier alpha value is -2.70. The number of hydrogen-bond acceptors (Lipinski definition) is 5. The molecule has 26 heavy (non-hydrogen) atoms. The van der Waals surface area contributed by atoms with Gasteiger partial charge in [-0.15, -0.1) is 0 Å². The molecule has 2 bridgehead atoms. The summed E-state index contributed by atoms with van der Waals surface area (Å²) in [5.41, 5.74) is 0.998. The van der Waals surface area contributed by atoms with Gasteiger partial charge in [0.15, 0.2) is 0 Å². The fraction of sp³-hybridized carbons (Fsp3) is 0.474. The minimum atomic E-state index is -1.28. The fourth-order valence-electron chi connectivity index (χ4n) is 4.80. The molecule has 2 aliphatic carbocycles. The summed E-state index contributed by atoms with van der Waals surface area (Å²) >= 11 is 0. The molecule has 2 saturated carbocycles. The van der Waals surface area contributed by atoms with Gasteiger partial charge >= 0.3 is 0 Å². The maximum atomic E-state index is 12.8. The van der Waals surface area contributed by atoms with Crippen LogP contribution in [0.15, 0.2) is 24.3 Å². The first kappa shape index (κ1) is 16.8. The van der Waals surface area contributed by atoms with Crippen LogP contribution < -0.4 is 15.3 Å². The van der Waals surface area contributed by atoms with E-state index in [4.69, 9.17) is 0 Å². The van der Waals surface area contributed by atoms with Crippen LogP contribution in [0.4, 0.5) is 11.4 Å². The smallest absolute Gasteiger partial charge is 0.237 e. The maximum absolute atomic E-state index is 12.8. The van der Waals surface area contributed by atoms with E-state index < -0.39 is 11.9 Å². The van der Waals surface area contributed by atoms with Crippen LogP contribution >= 0.6 is 0 Å². The number of anilines is 2. The highest BCUT2D eigenvalue weighted by molar-refractivity contribution is 6.22. The Bertz CT molecular complexity index is 760. The van der Waals surface area contributed by atoms with Crippen LogP contribution in [-0.4, -0.2) is 23.7 Å². The third kappa shape index (κ3) is 2.67. The highest BCUT2D eigenvalue weighted by Crippen LogP contribution is 2.56. The molecule has 4 rings (SSSR count). The number of carbonyl (C=O) groups excluding carboxylic acids is 4. The van der Waals surface area contributed by atoms with Gasteiger partial charge < -0.3 is 15.2 Å². The second-order valence-corrected chi connectivity index (χ2v) is 7.36. The molecule has 0 radical (unpaired) electrons. The molecule has 1 aromatic rings. The zero-order valence-corrected chi connectivity index (χ0v) is 14.1. The van der Waals surface area contributed by atoms with Crippen molar-refractivity contribution in [2.24, 2.45) is 23.7 Å². The van der Waals surface area contributed by atoms with Crippen LogP contribution in [0.3, 0.4) is 0 Å². The van der Waals surface area contributed by atoms with Gasteiger partial charge in [-0.1, -0.05) is 0 Å². The van der Waals surface area contributed by atoms with Crippen LogP contribution in [0, 0.1) is 23.7 Å². The summed E-state index contributed by atoms with van der Waals surface area (Å²) in [6, 6.07) is 6.48. The van der Waals surface area contributed by atoms with Gasteiger partial charge in [0.1, 0.15) is 0 Å². The predicted molar refractivity (Wildman–Crippen MR) is 89.6 cm³/mol. The van der Waals surface area contributed by atoms with Crippen molar-refractivity contribution in [1.82, 2.24) is 0 Å². The molecule has 7 nitrogen and oxygen atoms in total. The molecular weight excluding hydrogens is 336 g/mol. The van der Waals surface area contributed by atoms with E-state index in [1.54, 1.807) is 24.3 Å². The van der Waals surface area contributed by atoms with E-state index >= 15 is 0 Å². The summed E-state index contributed by atoms with van der Waals surface area (Å²) in [5, 5.41) is 13.0. The lowest BCUT2D eigenvalue weighted by atomic mass is 9.81. The number of nitrogens with zero attached hydrogens (tertiary/aromatic N) is 1. The number of amides is 3. The molecule has 1 N–H and O–H groups in total. The Morgan fingerprint density at radius 1 is 1.00 bits per heavy atom. The van der Waals surface area contributed by atoms with Crippen molar-refractivity contribution >= 4 is 35.1 Å². The zero-order chi connectivity index (χ0) is 18.4. The van der Waals surface area contributed by atoms with Gasteiger partial charge in [-0.2, -0.15) is 0 Å². The first-order valence-electron chi connectivity index (χ1n) is 8.93. The van der Waals surface area contributed by atoms with Gasteiger partial charge in [0.25, 0.3) is 0 Å².